The van der Waals surface area contributed by atoms with Crippen LogP contribution in [0.2, 0.25) is 0 Å². The first-order valence-corrected chi connectivity index (χ1v) is 6.07. The summed E-state index contributed by atoms with van der Waals surface area (Å²) < 4.78 is 0. The zero-order chi connectivity index (χ0) is 13.0. The molecule has 1 aliphatic carbocycles. The summed E-state index contributed by atoms with van der Waals surface area (Å²) in [5.41, 5.74) is 6.15. The van der Waals surface area contributed by atoms with Gasteiger partial charge in [0.05, 0.1) is 0 Å². The minimum Gasteiger partial charge on any atom is -0.0985 e. The van der Waals surface area contributed by atoms with Crippen LogP contribution in [0.3, 0.4) is 0 Å². The highest BCUT2D eigenvalue weighted by Crippen LogP contribution is 2.35. The first-order chi connectivity index (χ1) is 8.01. The number of hydrogen-bond donors (Lipinski definition) is 0. The molecule has 90 valence electrons. The SMILES string of the molecule is C=CC(=C)/C=C(/C(=C)CC)C1C=CC(C)=C1C. The zero-order valence-corrected chi connectivity index (χ0v) is 11.2. The second kappa shape index (κ2) is 5.67. The van der Waals surface area contributed by atoms with Crippen molar-refractivity contribution < 1.29 is 0 Å². The van der Waals surface area contributed by atoms with Crippen molar-refractivity contribution in [1.82, 2.24) is 0 Å². The van der Waals surface area contributed by atoms with Crippen molar-refractivity contribution in [2.45, 2.75) is 27.2 Å². The van der Waals surface area contributed by atoms with Crippen LogP contribution in [0.4, 0.5) is 0 Å². The largest absolute Gasteiger partial charge is 0.0985 e. The fraction of sp³-hybridized carbons (Fsp3) is 0.294. The van der Waals surface area contributed by atoms with Gasteiger partial charge in [-0.1, -0.05) is 67.7 Å². The van der Waals surface area contributed by atoms with Crippen molar-refractivity contribution in [3.05, 3.63) is 71.9 Å². The summed E-state index contributed by atoms with van der Waals surface area (Å²) in [5.74, 6) is 0.360. The summed E-state index contributed by atoms with van der Waals surface area (Å²) in [6.07, 6.45) is 9.29. The zero-order valence-electron chi connectivity index (χ0n) is 11.2. The lowest BCUT2D eigenvalue weighted by atomic mass is 9.86. The van der Waals surface area contributed by atoms with Gasteiger partial charge >= 0.3 is 0 Å². The molecular formula is C17H22. The van der Waals surface area contributed by atoms with Gasteiger partial charge in [0.1, 0.15) is 0 Å². The quantitative estimate of drug-likeness (QED) is 0.569. The Morgan fingerprint density at radius 1 is 1.35 bits per heavy atom. The molecule has 0 aromatic rings. The molecule has 1 rings (SSSR count). The van der Waals surface area contributed by atoms with Crippen LogP contribution in [-0.4, -0.2) is 0 Å². The maximum Gasteiger partial charge on any atom is 0.0237 e. The normalized spacial score (nSPS) is 19.7. The van der Waals surface area contributed by atoms with E-state index in [2.05, 4.69) is 58.7 Å². The standard InChI is InChI=1S/C17H22/c1-7-12(3)11-17(13(4)8-2)16-10-9-14(5)15(16)6/h7,9-11,16H,1,3-4,8H2,2,5-6H3/b17-11-. The Bertz CT molecular complexity index is 439. The Balaban J connectivity index is 3.14. The van der Waals surface area contributed by atoms with Crippen molar-refractivity contribution in [3.63, 3.8) is 0 Å². The number of hydrogen-bond acceptors (Lipinski definition) is 0. The second-order valence-electron chi connectivity index (χ2n) is 4.54. The van der Waals surface area contributed by atoms with E-state index in [1.165, 1.54) is 22.3 Å². The van der Waals surface area contributed by atoms with Gasteiger partial charge in [-0.15, -0.1) is 0 Å². The van der Waals surface area contributed by atoms with Gasteiger partial charge in [-0.05, 0) is 31.4 Å². The summed E-state index contributed by atoms with van der Waals surface area (Å²) >= 11 is 0. The first kappa shape index (κ1) is 13.5. The molecular weight excluding hydrogens is 204 g/mol. The van der Waals surface area contributed by atoms with Gasteiger partial charge in [0.15, 0.2) is 0 Å². The third-order valence-electron chi connectivity index (χ3n) is 3.40. The minimum absolute atomic E-state index is 0.360. The molecule has 0 N–H and O–H groups in total. The molecule has 0 spiro atoms. The Morgan fingerprint density at radius 3 is 2.41 bits per heavy atom. The van der Waals surface area contributed by atoms with E-state index in [1.54, 1.807) is 6.08 Å². The van der Waals surface area contributed by atoms with E-state index in [9.17, 15) is 0 Å². The van der Waals surface area contributed by atoms with E-state index >= 15 is 0 Å². The summed E-state index contributed by atoms with van der Waals surface area (Å²) in [6.45, 7) is 18.4. The average molecular weight is 226 g/mol. The molecule has 17 heavy (non-hydrogen) atoms. The number of allylic oxidation sites excluding steroid dienone is 9. The van der Waals surface area contributed by atoms with Crippen molar-refractivity contribution in [2.75, 3.05) is 0 Å². The van der Waals surface area contributed by atoms with Crippen LogP contribution in [-0.2, 0) is 0 Å². The van der Waals surface area contributed by atoms with E-state index in [0.29, 0.717) is 5.92 Å². The molecule has 0 bridgehead atoms. The van der Waals surface area contributed by atoms with Crippen LogP contribution in [0.5, 0.6) is 0 Å². The molecule has 0 heteroatoms. The van der Waals surface area contributed by atoms with Crippen LogP contribution in [0.25, 0.3) is 0 Å². The van der Waals surface area contributed by atoms with Gasteiger partial charge in [-0.3, -0.25) is 0 Å². The van der Waals surface area contributed by atoms with Gasteiger partial charge in [0.25, 0.3) is 0 Å². The van der Waals surface area contributed by atoms with Gasteiger partial charge in [-0.2, -0.15) is 0 Å². The molecule has 0 aliphatic heterocycles. The Morgan fingerprint density at radius 2 is 2.00 bits per heavy atom. The van der Waals surface area contributed by atoms with Gasteiger partial charge < -0.3 is 0 Å². The van der Waals surface area contributed by atoms with E-state index in [4.69, 9.17) is 0 Å². The molecule has 1 aliphatic rings. The maximum absolute atomic E-state index is 4.16. The summed E-state index contributed by atoms with van der Waals surface area (Å²) in [6, 6.07) is 0. The monoisotopic (exact) mass is 226 g/mol. The van der Waals surface area contributed by atoms with Crippen LogP contribution in [0.15, 0.2) is 71.9 Å². The highest BCUT2D eigenvalue weighted by Gasteiger charge is 2.20. The van der Waals surface area contributed by atoms with E-state index in [-0.39, 0.29) is 0 Å². The molecule has 0 heterocycles. The van der Waals surface area contributed by atoms with Crippen molar-refractivity contribution in [3.8, 4) is 0 Å². The predicted molar refractivity (Wildman–Crippen MR) is 77.9 cm³/mol. The third kappa shape index (κ3) is 2.97. The van der Waals surface area contributed by atoms with Crippen LogP contribution in [0.1, 0.15) is 27.2 Å². The molecule has 0 aromatic heterocycles. The smallest absolute Gasteiger partial charge is 0.0237 e. The van der Waals surface area contributed by atoms with Crippen LogP contribution < -0.4 is 0 Å². The highest BCUT2D eigenvalue weighted by atomic mass is 14.2. The summed E-state index contributed by atoms with van der Waals surface area (Å²) in [5, 5.41) is 0. The molecule has 0 saturated heterocycles. The Kier molecular flexibility index (Phi) is 4.51. The van der Waals surface area contributed by atoms with Crippen LogP contribution in [0, 0.1) is 5.92 Å². The second-order valence-corrected chi connectivity index (χ2v) is 4.54. The summed E-state index contributed by atoms with van der Waals surface area (Å²) in [4.78, 5) is 0. The Hall–Kier alpha value is -1.56. The van der Waals surface area contributed by atoms with E-state index in [1.807, 2.05) is 0 Å². The topological polar surface area (TPSA) is 0 Å². The van der Waals surface area contributed by atoms with Crippen LogP contribution >= 0.6 is 0 Å². The predicted octanol–water partition coefficient (Wildman–Crippen LogP) is 5.14. The molecule has 1 atom stereocenters. The first-order valence-electron chi connectivity index (χ1n) is 6.07. The number of rotatable bonds is 5. The molecule has 0 radical (unpaired) electrons. The maximum atomic E-state index is 4.16. The fourth-order valence-corrected chi connectivity index (χ4v) is 1.97. The summed E-state index contributed by atoms with van der Waals surface area (Å²) in [7, 11) is 0. The molecule has 0 nitrogen and oxygen atoms in total. The van der Waals surface area contributed by atoms with Gasteiger partial charge in [0, 0.05) is 5.92 Å². The lowest BCUT2D eigenvalue weighted by Gasteiger charge is -2.18. The Labute approximate surface area is 105 Å². The van der Waals surface area contributed by atoms with Crippen molar-refractivity contribution in [2.24, 2.45) is 5.92 Å². The third-order valence-corrected chi connectivity index (χ3v) is 3.40. The molecule has 0 saturated carbocycles. The highest BCUT2D eigenvalue weighted by molar-refractivity contribution is 5.49. The minimum atomic E-state index is 0.360. The fourth-order valence-electron chi connectivity index (χ4n) is 1.97. The molecule has 1 unspecified atom stereocenters. The van der Waals surface area contributed by atoms with Crippen molar-refractivity contribution >= 4 is 0 Å². The molecule has 0 fully saturated rings. The van der Waals surface area contributed by atoms with Gasteiger partial charge in [-0.25, -0.2) is 0 Å². The average Bonchev–Trinajstić information content (AvgIpc) is 2.66. The van der Waals surface area contributed by atoms with E-state index in [0.717, 1.165) is 12.0 Å². The molecule has 0 amide bonds. The van der Waals surface area contributed by atoms with Crippen molar-refractivity contribution in [1.29, 1.82) is 0 Å². The lowest BCUT2D eigenvalue weighted by molar-refractivity contribution is 0.889. The lowest BCUT2D eigenvalue weighted by Crippen LogP contribution is -2.03. The molecule has 0 aromatic carbocycles. The van der Waals surface area contributed by atoms with Gasteiger partial charge in [0.2, 0.25) is 0 Å². The van der Waals surface area contributed by atoms with E-state index < -0.39 is 0 Å².